The molecule has 0 atom stereocenters. The molecule has 0 aliphatic rings. The highest BCUT2D eigenvalue weighted by Gasteiger charge is 2.15. The molecule has 134 valence electrons. The smallest absolute Gasteiger partial charge is 0.488 e. The predicted molar refractivity (Wildman–Crippen MR) is 95.3 cm³/mol. The van der Waals surface area contributed by atoms with Gasteiger partial charge >= 0.3 is 6.16 Å². The summed E-state index contributed by atoms with van der Waals surface area (Å²) >= 11 is 6.20. The first-order chi connectivity index (χ1) is 12.0. The fraction of sp³-hybridized carbons (Fsp3) is 0.316. The van der Waals surface area contributed by atoms with E-state index < -0.39 is 6.16 Å². The van der Waals surface area contributed by atoms with Crippen LogP contribution in [0.1, 0.15) is 29.2 Å². The number of carbonyl (C=O) groups is 1. The molecule has 0 heterocycles. The molecule has 0 saturated carbocycles. The Labute approximate surface area is 152 Å². The molecule has 0 aliphatic heterocycles. The van der Waals surface area contributed by atoms with Crippen molar-refractivity contribution in [2.45, 2.75) is 33.5 Å². The van der Waals surface area contributed by atoms with Gasteiger partial charge in [0, 0.05) is 10.6 Å². The van der Waals surface area contributed by atoms with Gasteiger partial charge < -0.3 is 19.3 Å². The van der Waals surface area contributed by atoms with Crippen molar-refractivity contribution < 1.29 is 24.1 Å². The highest BCUT2D eigenvalue weighted by Crippen LogP contribution is 2.30. The highest BCUT2D eigenvalue weighted by molar-refractivity contribution is 6.31. The number of methoxy groups -OCH3 is 1. The minimum Gasteiger partial charge on any atom is -0.488 e. The largest absolute Gasteiger partial charge is 0.513 e. The number of aryl methyl sites for hydroxylation is 2. The van der Waals surface area contributed by atoms with Gasteiger partial charge in [0.05, 0.1) is 13.7 Å². The maximum absolute atomic E-state index is 11.4. The number of aliphatic hydroxyl groups excluding tert-OH is 1. The lowest BCUT2D eigenvalue weighted by Gasteiger charge is -2.16. The van der Waals surface area contributed by atoms with E-state index in [0.717, 1.165) is 17.5 Å². The Hall–Kier alpha value is -2.24. The Morgan fingerprint density at radius 3 is 2.60 bits per heavy atom. The van der Waals surface area contributed by atoms with Crippen LogP contribution in [0.3, 0.4) is 0 Å². The zero-order valence-corrected chi connectivity index (χ0v) is 15.2. The summed E-state index contributed by atoms with van der Waals surface area (Å²) in [6.45, 7) is 3.89. The summed E-state index contributed by atoms with van der Waals surface area (Å²) in [5.74, 6) is 0.949. The summed E-state index contributed by atoms with van der Waals surface area (Å²) in [4.78, 5) is 11.4. The average Bonchev–Trinajstić information content (AvgIpc) is 2.62. The molecular formula is C19H21ClO5. The number of benzene rings is 2. The highest BCUT2D eigenvalue weighted by atomic mass is 35.5. The lowest BCUT2D eigenvalue weighted by atomic mass is 10.1. The van der Waals surface area contributed by atoms with Gasteiger partial charge in [-0.2, -0.15) is 0 Å². The Bertz CT molecular complexity index is 758. The Balaban J connectivity index is 2.31. The molecule has 0 fully saturated rings. The number of hydrogen-bond donors (Lipinski definition) is 1. The van der Waals surface area contributed by atoms with Crippen molar-refractivity contribution in [1.29, 1.82) is 0 Å². The maximum Gasteiger partial charge on any atom is 0.513 e. The second-order valence-electron chi connectivity index (χ2n) is 5.46. The van der Waals surface area contributed by atoms with Crippen LogP contribution in [0.4, 0.5) is 4.79 Å². The molecule has 2 aromatic rings. The normalized spacial score (nSPS) is 10.4. The summed E-state index contributed by atoms with van der Waals surface area (Å²) in [6.07, 6.45) is -0.0375. The predicted octanol–water partition coefficient (Wildman–Crippen LogP) is 4.43. The minimum absolute atomic E-state index is 0.120. The molecular weight excluding hydrogens is 344 g/mol. The minimum atomic E-state index is -0.830. The number of aliphatic hydroxyl groups is 1. The van der Waals surface area contributed by atoms with E-state index in [1.807, 2.05) is 19.9 Å². The maximum atomic E-state index is 11.4. The molecule has 2 aromatic carbocycles. The molecule has 0 spiro atoms. The molecule has 0 aromatic heterocycles. The van der Waals surface area contributed by atoms with Crippen LogP contribution in [0.25, 0.3) is 0 Å². The third kappa shape index (κ3) is 4.65. The van der Waals surface area contributed by atoms with E-state index in [1.54, 1.807) is 24.3 Å². The van der Waals surface area contributed by atoms with Crippen LogP contribution in [-0.2, 0) is 24.4 Å². The summed E-state index contributed by atoms with van der Waals surface area (Å²) in [7, 11) is 1.23. The van der Waals surface area contributed by atoms with E-state index in [9.17, 15) is 9.90 Å². The van der Waals surface area contributed by atoms with Gasteiger partial charge in [-0.05, 0) is 42.2 Å². The van der Waals surface area contributed by atoms with Gasteiger partial charge in [0.15, 0.2) is 0 Å². The molecule has 6 heteroatoms. The van der Waals surface area contributed by atoms with Crippen LogP contribution in [0.5, 0.6) is 11.5 Å². The van der Waals surface area contributed by atoms with Crippen molar-refractivity contribution in [1.82, 2.24) is 0 Å². The van der Waals surface area contributed by atoms with Crippen LogP contribution < -0.4 is 9.47 Å². The summed E-state index contributed by atoms with van der Waals surface area (Å²) < 4.78 is 15.6. The second kappa shape index (κ2) is 8.74. The van der Waals surface area contributed by atoms with Crippen LogP contribution in [0.2, 0.25) is 5.02 Å². The lowest BCUT2D eigenvalue weighted by Crippen LogP contribution is -2.11. The lowest BCUT2D eigenvalue weighted by molar-refractivity contribution is 0.120. The van der Waals surface area contributed by atoms with Crippen LogP contribution in [0.15, 0.2) is 30.3 Å². The monoisotopic (exact) mass is 364 g/mol. The number of hydrogen-bond acceptors (Lipinski definition) is 5. The SMILES string of the molecule is CCc1cc(C)c(Cl)cc1OCc1c(CO)cccc1OC(=O)OC. The van der Waals surface area contributed by atoms with Crippen molar-refractivity contribution >= 4 is 17.8 Å². The molecule has 0 bridgehead atoms. The van der Waals surface area contributed by atoms with Gasteiger partial charge in [-0.25, -0.2) is 4.79 Å². The third-order valence-electron chi connectivity index (χ3n) is 3.86. The first kappa shape index (κ1) is 19.1. The quantitative estimate of drug-likeness (QED) is 0.606. The van der Waals surface area contributed by atoms with E-state index in [0.29, 0.717) is 21.9 Å². The van der Waals surface area contributed by atoms with Gasteiger partial charge in [0.25, 0.3) is 0 Å². The first-order valence-corrected chi connectivity index (χ1v) is 8.27. The van der Waals surface area contributed by atoms with Gasteiger partial charge in [-0.1, -0.05) is 36.7 Å². The van der Waals surface area contributed by atoms with Crippen LogP contribution >= 0.6 is 11.6 Å². The fourth-order valence-electron chi connectivity index (χ4n) is 2.43. The number of ether oxygens (including phenoxy) is 3. The Morgan fingerprint density at radius 2 is 1.96 bits per heavy atom. The number of rotatable bonds is 6. The van der Waals surface area contributed by atoms with Gasteiger partial charge in [0.2, 0.25) is 0 Å². The molecule has 25 heavy (non-hydrogen) atoms. The summed E-state index contributed by atoms with van der Waals surface area (Å²) in [5, 5.41) is 10.2. The number of carbonyl (C=O) groups excluding carboxylic acids is 1. The Morgan fingerprint density at radius 1 is 1.20 bits per heavy atom. The zero-order valence-electron chi connectivity index (χ0n) is 14.5. The third-order valence-corrected chi connectivity index (χ3v) is 4.26. The first-order valence-electron chi connectivity index (χ1n) is 7.89. The van der Waals surface area contributed by atoms with Gasteiger partial charge in [-0.3, -0.25) is 0 Å². The molecule has 0 aliphatic carbocycles. The Kier molecular flexibility index (Phi) is 6.67. The van der Waals surface area contributed by atoms with Crippen LogP contribution in [-0.4, -0.2) is 18.4 Å². The molecule has 0 amide bonds. The van der Waals surface area contributed by atoms with E-state index in [-0.39, 0.29) is 19.0 Å². The van der Waals surface area contributed by atoms with E-state index in [1.165, 1.54) is 7.11 Å². The van der Waals surface area contributed by atoms with Gasteiger partial charge in [-0.15, -0.1) is 0 Å². The van der Waals surface area contributed by atoms with Gasteiger partial charge in [0.1, 0.15) is 18.1 Å². The van der Waals surface area contributed by atoms with Crippen molar-refractivity contribution in [3.8, 4) is 11.5 Å². The summed E-state index contributed by atoms with van der Waals surface area (Å²) in [6, 6.07) is 8.82. The molecule has 0 radical (unpaired) electrons. The molecule has 2 rings (SSSR count). The molecule has 0 unspecified atom stereocenters. The summed E-state index contributed by atoms with van der Waals surface area (Å²) in [5.41, 5.74) is 3.20. The fourth-order valence-corrected chi connectivity index (χ4v) is 2.59. The second-order valence-corrected chi connectivity index (χ2v) is 5.87. The van der Waals surface area contributed by atoms with Crippen molar-refractivity contribution in [2.75, 3.05) is 7.11 Å². The average molecular weight is 365 g/mol. The van der Waals surface area contributed by atoms with Crippen LogP contribution in [0, 0.1) is 6.92 Å². The van der Waals surface area contributed by atoms with Crippen molar-refractivity contribution in [3.05, 3.63) is 57.6 Å². The number of halogens is 1. The topological polar surface area (TPSA) is 65.0 Å². The standard InChI is InChI=1S/C19H21ClO5/c1-4-13-8-12(2)16(20)9-18(13)24-11-15-14(10-21)6-5-7-17(15)25-19(22)23-3/h5-9,21H,4,10-11H2,1-3H3. The van der Waals surface area contributed by atoms with E-state index in [2.05, 4.69) is 4.74 Å². The molecule has 5 nitrogen and oxygen atoms in total. The zero-order chi connectivity index (χ0) is 18.4. The van der Waals surface area contributed by atoms with Crippen molar-refractivity contribution in [2.24, 2.45) is 0 Å². The van der Waals surface area contributed by atoms with Crippen molar-refractivity contribution in [3.63, 3.8) is 0 Å². The van der Waals surface area contributed by atoms with E-state index >= 15 is 0 Å². The molecule has 0 saturated heterocycles. The van der Waals surface area contributed by atoms with E-state index in [4.69, 9.17) is 21.1 Å². The molecule has 1 N–H and O–H groups in total.